The van der Waals surface area contributed by atoms with Crippen molar-refractivity contribution in [3.05, 3.63) is 74.1 Å². The van der Waals surface area contributed by atoms with Crippen LogP contribution in [0, 0.1) is 26.0 Å². The molecule has 0 fully saturated rings. The first kappa shape index (κ1) is 17.8. The first-order chi connectivity index (χ1) is 11.8. The van der Waals surface area contributed by atoms with E-state index < -0.39 is 39.0 Å². The van der Waals surface area contributed by atoms with E-state index in [9.17, 15) is 34.5 Å². The number of nitrogens with one attached hydrogen (secondary N) is 1. The molecule has 0 aromatic heterocycles. The van der Waals surface area contributed by atoms with Crippen molar-refractivity contribution in [2.75, 3.05) is 5.32 Å². The molecule has 2 aromatic rings. The number of carboxylic acids is 1. The zero-order valence-corrected chi connectivity index (χ0v) is 12.6. The predicted molar refractivity (Wildman–Crippen MR) is 84.9 cm³/mol. The lowest BCUT2D eigenvalue weighted by Gasteiger charge is -2.16. The number of carbonyl (C=O) groups is 1. The second-order valence-electron chi connectivity index (χ2n) is 5.05. The fourth-order valence-electron chi connectivity index (χ4n) is 2.18. The number of nitro groups is 2. The van der Waals surface area contributed by atoms with Gasteiger partial charge in [0.2, 0.25) is 0 Å². The van der Waals surface area contributed by atoms with Crippen molar-refractivity contribution in [2.45, 2.75) is 12.5 Å². The Kier molecular flexibility index (Phi) is 5.22. The number of hydrogen-bond acceptors (Lipinski definition) is 6. The van der Waals surface area contributed by atoms with Crippen LogP contribution in [0.25, 0.3) is 0 Å². The van der Waals surface area contributed by atoms with Crippen LogP contribution in [-0.2, 0) is 11.2 Å². The van der Waals surface area contributed by atoms with Gasteiger partial charge in [-0.3, -0.25) is 20.2 Å². The molecule has 2 aromatic carbocycles. The molecule has 9 nitrogen and oxygen atoms in total. The summed E-state index contributed by atoms with van der Waals surface area (Å²) in [7, 11) is 0. The van der Waals surface area contributed by atoms with Gasteiger partial charge in [0.05, 0.1) is 15.9 Å². The second kappa shape index (κ2) is 7.34. The van der Waals surface area contributed by atoms with Gasteiger partial charge in [-0.2, -0.15) is 0 Å². The van der Waals surface area contributed by atoms with E-state index in [4.69, 9.17) is 0 Å². The summed E-state index contributed by atoms with van der Waals surface area (Å²) < 4.78 is 13.7. The van der Waals surface area contributed by atoms with Gasteiger partial charge in [0.15, 0.2) is 0 Å². The minimum atomic E-state index is -1.36. The summed E-state index contributed by atoms with van der Waals surface area (Å²) in [4.78, 5) is 31.6. The van der Waals surface area contributed by atoms with Crippen LogP contribution in [0.15, 0.2) is 42.5 Å². The number of anilines is 1. The lowest BCUT2D eigenvalue weighted by molar-refractivity contribution is -0.393. The van der Waals surface area contributed by atoms with E-state index in [0.29, 0.717) is 0 Å². The normalized spacial score (nSPS) is 11.6. The molecular formula is C15H12FN3O6. The highest BCUT2D eigenvalue weighted by Crippen LogP contribution is 2.30. The smallest absolute Gasteiger partial charge is 0.326 e. The molecule has 0 aliphatic heterocycles. The molecule has 0 radical (unpaired) electrons. The van der Waals surface area contributed by atoms with Gasteiger partial charge in [0, 0.05) is 12.5 Å². The Morgan fingerprint density at radius 2 is 1.84 bits per heavy atom. The van der Waals surface area contributed by atoms with Crippen LogP contribution < -0.4 is 5.32 Å². The van der Waals surface area contributed by atoms with Gasteiger partial charge in [-0.1, -0.05) is 18.2 Å². The highest BCUT2D eigenvalue weighted by Gasteiger charge is 2.25. The van der Waals surface area contributed by atoms with Gasteiger partial charge in [0.25, 0.3) is 11.4 Å². The Bertz CT molecular complexity index is 842. The summed E-state index contributed by atoms with van der Waals surface area (Å²) in [6.07, 6.45) is -0.268. The molecule has 10 heteroatoms. The fraction of sp³-hybridized carbons (Fsp3) is 0.133. The SMILES string of the molecule is O=C(O)[C@H](Cc1ccccc1F)Nc1ccc([N+](=O)[O-])cc1[N+](=O)[O-]. The Hall–Kier alpha value is -3.56. The van der Waals surface area contributed by atoms with Gasteiger partial charge in [-0.05, 0) is 17.7 Å². The molecule has 0 amide bonds. The van der Waals surface area contributed by atoms with Gasteiger partial charge in [-0.15, -0.1) is 0 Å². The van der Waals surface area contributed by atoms with Crippen LogP contribution in [0.1, 0.15) is 5.56 Å². The number of halogens is 1. The van der Waals surface area contributed by atoms with E-state index in [0.717, 1.165) is 18.2 Å². The van der Waals surface area contributed by atoms with Crippen LogP contribution in [0.3, 0.4) is 0 Å². The largest absolute Gasteiger partial charge is 0.480 e. The number of hydrogen-bond donors (Lipinski definition) is 2. The second-order valence-corrected chi connectivity index (χ2v) is 5.05. The summed E-state index contributed by atoms with van der Waals surface area (Å²) in [6.45, 7) is 0. The van der Waals surface area contributed by atoms with Crippen LogP contribution in [0.4, 0.5) is 21.5 Å². The lowest BCUT2D eigenvalue weighted by Crippen LogP contribution is -2.32. The Morgan fingerprint density at radius 1 is 1.16 bits per heavy atom. The molecule has 0 spiro atoms. The van der Waals surface area contributed by atoms with E-state index in [2.05, 4.69) is 5.32 Å². The first-order valence-corrected chi connectivity index (χ1v) is 6.95. The topological polar surface area (TPSA) is 136 Å². The molecule has 1 atom stereocenters. The van der Waals surface area contributed by atoms with Crippen molar-refractivity contribution in [2.24, 2.45) is 0 Å². The first-order valence-electron chi connectivity index (χ1n) is 6.95. The van der Waals surface area contributed by atoms with Crippen molar-refractivity contribution in [1.82, 2.24) is 0 Å². The molecule has 2 N–H and O–H groups in total. The van der Waals surface area contributed by atoms with Crippen LogP contribution in [-0.4, -0.2) is 27.0 Å². The van der Waals surface area contributed by atoms with Gasteiger partial charge in [0.1, 0.15) is 17.5 Å². The van der Waals surface area contributed by atoms with Crippen molar-refractivity contribution in [3.8, 4) is 0 Å². The minimum Gasteiger partial charge on any atom is -0.480 e. The van der Waals surface area contributed by atoms with Gasteiger partial charge >= 0.3 is 5.97 Å². The molecule has 0 saturated carbocycles. The maximum Gasteiger partial charge on any atom is 0.326 e. The number of benzene rings is 2. The van der Waals surface area contributed by atoms with Crippen molar-refractivity contribution < 1.29 is 24.1 Å². The average molecular weight is 349 g/mol. The van der Waals surface area contributed by atoms with Gasteiger partial charge < -0.3 is 10.4 Å². The maximum atomic E-state index is 13.7. The molecule has 0 unspecified atom stereocenters. The molecule has 2 rings (SSSR count). The summed E-state index contributed by atoms with van der Waals surface area (Å²) in [5.41, 5.74) is -1.24. The Labute approximate surface area is 140 Å². The summed E-state index contributed by atoms with van der Waals surface area (Å²) in [5.74, 6) is -1.95. The Balaban J connectivity index is 2.33. The van der Waals surface area contributed by atoms with Crippen molar-refractivity contribution in [3.63, 3.8) is 0 Å². The number of nitro benzene ring substituents is 2. The van der Waals surface area contributed by atoms with Crippen molar-refractivity contribution in [1.29, 1.82) is 0 Å². The Morgan fingerprint density at radius 3 is 2.40 bits per heavy atom. The third-order valence-electron chi connectivity index (χ3n) is 3.40. The number of aliphatic carboxylic acids is 1. The molecule has 0 heterocycles. The molecule has 130 valence electrons. The summed E-state index contributed by atoms with van der Waals surface area (Å²) in [6, 6.07) is 6.97. The molecule has 0 aliphatic carbocycles. The summed E-state index contributed by atoms with van der Waals surface area (Å²) in [5, 5.41) is 33.6. The fourth-order valence-corrected chi connectivity index (χ4v) is 2.18. The van der Waals surface area contributed by atoms with E-state index in [1.54, 1.807) is 0 Å². The van der Waals surface area contributed by atoms with Crippen molar-refractivity contribution >= 4 is 23.0 Å². The van der Waals surface area contributed by atoms with Crippen LogP contribution in [0.2, 0.25) is 0 Å². The third kappa shape index (κ3) is 4.25. The van der Waals surface area contributed by atoms with Crippen LogP contribution in [0.5, 0.6) is 0 Å². The lowest BCUT2D eigenvalue weighted by atomic mass is 10.0. The van der Waals surface area contributed by atoms with E-state index in [1.165, 1.54) is 24.3 Å². The zero-order valence-electron chi connectivity index (χ0n) is 12.6. The number of non-ortho nitro benzene ring substituents is 1. The maximum absolute atomic E-state index is 13.7. The van der Waals surface area contributed by atoms with E-state index >= 15 is 0 Å². The summed E-state index contributed by atoms with van der Waals surface area (Å²) >= 11 is 0. The number of carboxylic acid groups (broad SMARTS) is 1. The molecule has 0 aliphatic rings. The average Bonchev–Trinajstić information content (AvgIpc) is 2.55. The predicted octanol–water partition coefficient (Wildman–Crippen LogP) is 2.75. The standard InChI is InChI=1S/C15H12FN3O6/c16-11-4-2-1-3-9(11)7-13(15(20)21)17-12-6-5-10(18(22)23)8-14(12)19(24)25/h1-6,8,13,17H,7H2,(H,20,21)/t13-/m0/s1. The highest BCUT2D eigenvalue weighted by molar-refractivity contribution is 5.79. The van der Waals surface area contributed by atoms with E-state index in [1.807, 2.05) is 0 Å². The van der Waals surface area contributed by atoms with E-state index in [-0.39, 0.29) is 17.7 Å². The molecule has 25 heavy (non-hydrogen) atoms. The number of rotatable bonds is 7. The third-order valence-corrected chi connectivity index (χ3v) is 3.40. The highest BCUT2D eigenvalue weighted by atomic mass is 19.1. The molecular weight excluding hydrogens is 337 g/mol. The van der Waals surface area contributed by atoms with Gasteiger partial charge in [-0.25, -0.2) is 9.18 Å². The zero-order chi connectivity index (χ0) is 18.6. The quantitative estimate of drug-likeness (QED) is 0.579. The molecule has 0 saturated heterocycles. The number of nitrogens with zero attached hydrogens (tertiary/aromatic N) is 2. The monoisotopic (exact) mass is 349 g/mol. The molecule has 0 bridgehead atoms. The van der Waals surface area contributed by atoms with Crippen LogP contribution >= 0.6 is 0 Å². The minimum absolute atomic E-state index is 0.118.